The minimum absolute atomic E-state index is 0.0183. The van der Waals surface area contributed by atoms with Crippen molar-refractivity contribution in [3.63, 3.8) is 0 Å². The minimum Gasteiger partial charge on any atom is -0.481 e. The molecule has 0 saturated carbocycles. The Bertz CT molecular complexity index is 240. The maximum Gasteiger partial charge on any atom is 0.304 e. The van der Waals surface area contributed by atoms with Crippen molar-refractivity contribution >= 4 is 5.97 Å². The molecular formula is C13H25NO3. The second-order valence-electron chi connectivity index (χ2n) is 5.71. The standard InChI is InChI=1S/C13H25NO3/c1-13(2,3)14(8-6-12(15)16)11-5-4-9-17-10-7-11/h11H,4-10H2,1-3H3,(H,15,16). The molecule has 1 saturated heterocycles. The third kappa shape index (κ3) is 5.04. The zero-order valence-electron chi connectivity index (χ0n) is 11.2. The number of carboxylic acid groups (broad SMARTS) is 1. The summed E-state index contributed by atoms with van der Waals surface area (Å²) in [6.07, 6.45) is 3.41. The number of hydrogen-bond donors (Lipinski definition) is 1. The summed E-state index contributed by atoms with van der Waals surface area (Å²) in [4.78, 5) is 13.1. The lowest BCUT2D eigenvalue weighted by atomic mass is 9.98. The number of carbonyl (C=O) groups is 1. The van der Waals surface area contributed by atoms with Crippen LogP contribution in [0.25, 0.3) is 0 Å². The van der Waals surface area contributed by atoms with Crippen molar-refractivity contribution in [2.75, 3.05) is 19.8 Å². The van der Waals surface area contributed by atoms with E-state index < -0.39 is 5.97 Å². The second kappa shape index (κ2) is 6.36. The van der Waals surface area contributed by atoms with Crippen molar-refractivity contribution in [3.05, 3.63) is 0 Å². The highest BCUT2D eigenvalue weighted by Crippen LogP contribution is 2.24. The molecule has 0 aromatic rings. The molecule has 0 bridgehead atoms. The Balaban J connectivity index is 2.63. The number of carboxylic acids is 1. The Kier molecular flexibility index (Phi) is 5.40. The summed E-state index contributed by atoms with van der Waals surface area (Å²) in [7, 11) is 0. The van der Waals surface area contributed by atoms with Crippen molar-refractivity contribution in [1.82, 2.24) is 4.90 Å². The zero-order chi connectivity index (χ0) is 12.9. The number of ether oxygens (including phenoxy) is 1. The Labute approximate surface area is 104 Å². The molecule has 1 aliphatic heterocycles. The molecule has 100 valence electrons. The van der Waals surface area contributed by atoms with E-state index in [1.165, 1.54) is 0 Å². The van der Waals surface area contributed by atoms with Crippen LogP contribution < -0.4 is 0 Å². The summed E-state index contributed by atoms with van der Waals surface area (Å²) in [5, 5.41) is 8.83. The van der Waals surface area contributed by atoms with Crippen molar-refractivity contribution in [3.8, 4) is 0 Å². The molecule has 1 heterocycles. The smallest absolute Gasteiger partial charge is 0.304 e. The number of rotatable bonds is 4. The van der Waals surface area contributed by atoms with Gasteiger partial charge < -0.3 is 9.84 Å². The molecule has 1 unspecified atom stereocenters. The topological polar surface area (TPSA) is 49.8 Å². The monoisotopic (exact) mass is 243 g/mol. The minimum atomic E-state index is -0.718. The maximum atomic E-state index is 10.7. The lowest BCUT2D eigenvalue weighted by Crippen LogP contribution is -2.49. The molecule has 0 aliphatic carbocycles. The molecule has 1 fully saturated rings. The SMILES string of the molecule is CC(C)(C)N(CCC(=O)O)C1CCCOCC1. The molecule has 1 atom stereocenters. The maximum absolute atomic E-state index is 10.7. The highest BCUT2D eigenvalue weighted by atomic mass is 16.5. The van der Waals surface area contributed by atoms with E-state index in [0.717, 1.165) is 32.5 Å². The zero-order valence-corrected chi connectivity index (χ0v) is 11.2. The number of hydrogen-bond acceptors (Lipinski definition) is 3. The van der Waals surface area contributed by atoms with Crippen molar-refractivity contribution in [2.45, 2.75) is 58.0 Å². The molecule has 1 aliphatic rings. The molecule has 0 amide bonds. The molecule has 17 heavy (non-hydrogen) atoms. The molecule has 0 spiro atoms. The first-order valence-corrected chi connectivity index (χ1v) is 6.47. The quantitative estimate of drug-likeness (QED) is 0.821. The summed E-state index contributed by atoms with van der Waals surface area (Å²) in [5.74, 6) is -0.718. The van der Waals surface area contributed by atoms with Crippen LogP contribution in [-0.2, 0) is 9.53 Å². The Morgan fingerprint density at radius 3 is 2.65 bits per heavy atom. The average Bonchev–Trinajstić information content (AvgIpc) is 2.44. The van der Waals surface area contributed by atoms with Gasteiger partial charge in [0.05, 0.1) is 6.42 Å². The van der Waals surface area contributed by atoms with Crippen LogP contribution in [0.2, 0.25) is 0 Å². The predicted octanol–water partition coefficient (Wildman–Crippen LogP) is 2.13. The van der Waals surface area contributed by atoms with Gasteiger partial charge in [0.1, 0.15) is 0 Å². The van der Waals surface area contributed by atoms with Gasteiger partial charge in [-0.05, 0) is 40.0 Å². The van der Waals surface area contributed by atoms with Gasteiger partial charge >= 0.3 is 5.97 Å². The summed E-state index contributed by atoms with van der Waals surface area (Å²) in [6, 6.07) is 0.455. The van der Waals surface area contributed by atoms with Crippen LogP contribution in [0.5, 0.6) is 0 Å². The second-order valence-corrected chi connectivity index (χ2v) is 5.71. The van der Waals surface area contributed by atoms with Gasteiger partial charge in [0.15, 0.2) is 0 Å². The Morgan fingerprint density at radius 2 is 2.06 bits per heavy atom. The Hall–Kier alpha value is -0.610. The molecular weight excluding hydrogens is 218 g/mol. The lowest BCUT2D eigenvalue weighted by Gasteiger charge is -2.41. The van der Waals surface area contributed by atoms with E-state index in [4.69, 9.17) is 9.84 Å². The van der Waals surface area contributed by atoms with Crippen molar-refractivity contribution < 1.29 is 14.6 Å². The molecule has 4 nitrogen and oxygen atoms in total. The van der Waals surface area contributed by atoms with Crippen LogP contribution in [0.1, 0.15) is 46.5 Å². The van der Waals surface area contributed by atoms with E-state index in [-0.39, 0.29) is 12.0 Å². The third-order valence-electron chi connectivity index (χ3n) is 3.29. The Morgan fingerprint density at radius 1 is 1.35 bits per heavy atom. The van der Waals surface area contributed by atoms with Crippen LogP contribution in [0.3, 0.4) is 0 Å². The first-order chi connectivity index (χ1) is 7.91. The summed E-state index contributed by atoms with van der Waals surface area (Å²) in [6.45, 7) is 8.73. The van der Waals surface area contributed by atoms with Crippen molar-refractivity contribution in [2.24, 2.45) is 0 Å². The first kappa shape index (κ1) is 14.5. The van der Waals surface area contributed by atoms with E-state index in [0.29, 0.717) is 12.6 Å². The molecule has 0 aromatic heterocycles. The first-order valence-electron chi connectivity index (χ1n) is 6.47. The molecule has 0 radical (unpaired) electrons. The van der Waals surface area contributed by atoms with Gasteiger partial charge in [-0.3, -0.25) is 9.69 Å². The van der Waals surface area contributed by atoms with E-state index in [9.17, 15) is 4.79 Å². The van der Waals surface area contributed by atoms with E-state index in [1.54, 1.807) is 0 Å². The fraction of sp³-hybridized carbons (Fsp3) is 0.923. The fourth-order valence-electron chi connectivity index (χ4n) is 2.48. The third-order valence-corrected chi connectivity index (χ3v) is 3.29. The van der Waals surface area contributed by atoms with Crippen LogP contribution in [0.15, 0.2) is 0 Å². The highest BCUT2D eigenvalue weighted by Gasteiger charge is 2.29. The van der Waals surface area contributed by atoms with Crippen molar-refractivity contribution in [1.29, 1.82) is 0 Å². The summed E-state index contributed by atoms with van der Waals surface area (Å²) < 4.78 is 5.47. The average molecular weight is 243 g/mol. The van der Waals surface area contributed by atoms with Gasteiger partial charge in [-0.25, -0.2) is 0 Å². The highest BCUT2D eigenvalue weighted by molar-refractivity contribution is 5.66. The van der Waals surface area contributed by atoms with Gasteiger partial charge in [0.2, 0.25) is 0 Å². The van der Waals surface area contributed by atoms with E-state index in [2.05, 4.69) is 25.7 Å². The summed E-state index contributed by atoms with van der Waals surface area (Å²) in [5.41, 5.74) is 0.0183. The number of nitrogens with zero attached hydrogens (tertiary/aromatic N) is 1. The van der Waals surface area contributed by atoms with Crippen LogP contribution in [0, 0.1) is 0 Å². The molecule has 1 rings (SSSR count). The van der Waals surface area contributed by atoms with Crippen LogP contribution in [-0.4, -0.2) is 47.3 Å². The normalized spacial score (nSPS) is 22.5. The lowest BCUT2D eigenvalue weighted by molar-refractivity contribution is -0.137. The van der Waals surface area contributed by atoms with E-state index >= 15 is 0 Å². The molecule has 0 aromatic carbocycles. The molecule has 4 heteroatoms. The largest absolute Gasteiger partial charge is 0.481 e. The van der Waals surface area contributed by atoms with E-state index in [1.807, 2.05) is 0 Å². The van der Waals surface area contributed by atoms with Gasteiger partial charge in [0.25, 0.3) is 0 Å². The summed E-state index contributed by atoms with van der Waals surface area (Å²) >= 11 is 0. The van der Waals surface area contributed by atoms with Gasteiger partial charge in [0, 0.05) is 31.3 Å². The van der Waals surface area contributed by atoms with Crippen LogP contribution >= 0.6 is 0 Å². The fourth-order valence-corrected chi connectivity index (χ4v) is 2.48. The number of aliphatic carboxylic acids is 1. The van der Waals surface area contributed by atoms with Gasteiger partial charge in [-0.2, -0.15) is 0 Å². The van der Waals surface area contributed by atoms with Gasteiger partial charge in [-0.1, -0.05) is 0 Å². The van der Waals surface area contributed by atoms with Gasteiger partial charge in [-0.15, -0.1) is 0 Å². The van der Waals surface area contributed by atoms with Crippen LogP contribution in [0.4, 0.5) is 0 Å². The predicted molar refractivity (Wildman–Crippen MR) is 67.2 cm³/mol. The molecule has 1 N–H and O–H groups in total.